The molecule has 0 radical (unpaired) electrons. The normalized spacial score (nSPS) is 22.3. The van der Waals surface area contributed by atoms with Crippen molar-refractivity contribution in [2.24, 2.45) is 0 Å². The predicted octanol–water partition coefficient (Wildman–Crippen LogP) is 2.98. The molecule has 0 bridgehead atoms. The Morgan fingerprint density at radius 1 is 1.11 bits per heavy atom. The Bertz CT molecular complexity index is 856. The molecule has 0 aliphatic carbocycles. The van der Waals surface area contributed by atoms with Crippen LogP contribution in [0.2, 0.25) is 5.02 Å². The van der Waals surface area contributed by atoms with Crippen LogP contribution >= 0.6 is 11.6 Å². The molecule has 2 heterocycles. The fraction of sp³-hybridized carbons (Fsp3) is 0.300. The van der Waals surface area contributed by atoms with Crippen molar-refractivity contribution in [2.45, 2.75) is 31.3 Å². The minimum atomic E-state index is -0.467. The van der Waals surface area contributed by atoms with Crippen LogP contribution in [-0.2, 0) is 9.59 Å². The Morgan fingerprint density at radius 2 is 1.89 bits per heavy atom. The Kier molecular flexibility index (Phi) is 5.11. The smallest absolute Gasteiger partial charge is 0.329 e. The molecule has 6 nitrogen and oxygen atoms in total. The summed E-state index contributed by atoms with van der Waals surface area (Å²) >= 11 is 6.23. The van der Waals surface area contributed by atoms with Crippen LogP contribution < -0.4 is 20.5 Å². The van der Waals surface area contributed by atoms with Gasteiger partial charge in [-0.2, -0.15) is 0 Å². The van der Waals surface area contributed by atoms with Crippen molar-refractivity contribution in [3.8, 4) is 5.75 Å². The zero-order valence-electron chi connectivity index (χ0n) is 14.7. The van der Waals surface area contributed by atoms with Gasteiger partial charge in [0.1, 0.15) is 11.8 Å². The number of amides is 1. The third kappa shape index (κ3) is 3.83. The lowest BCUT2D eigenvalue weighted by Gasteiger charge is -2.16. The first-order chi connectivity index (χ1) is 13.1. The van der Waals surface area contributed by atoms with E-state index in [2.05, 4.69) is 10.9 Å². The molecular formula is C20H20ClN3O3. The molecule has 2 aromatic rings. The van der Waals surface area contributed by atoms with Crippen molar-refractivity contribution in [1.82, 2.24) is 10.9 Å². The molecule has 1 amide bonds. The van der Waals surface area contributed by atoms with Crippen LogP contribution in [0.4, 0.5) is 5.69 Å². The third-order valence-electron chi connectivity index (χ3n) is 4.91. The Labute approximate surface area is 162 Å². The number of halogens is 1. The van der Waals surface area contributed by atoms with E-state index in [4.69, 9.17) is 16.3 Å². The van der Waals surface area contributed by atoms with E-state index in [1.165, 1.54) is 0 Å². The van der Waals surface area contributed by atoms with Gasteiger partial charge in [-0.05, 0) is 48.7 Å². The molecule has 2 aromatic carbocycles. The summed E-state index contributed by atoms with van der Waals surface area (Å²) in [6.45, 7) is 0.735. The summed E-state index contributed by atoms with van der Waals surface area (Å²) in [4.78, 5) is 26.0. The highest BCUT2D eigenvalue weighted by Gasteiger charge is 2.32. The highest BCUT2D eigenvalue weighted by atomic mass is 35.5. The molecule has 2 N–H and O–H groups in total. The average molecular weight is 386 g/mol. The van der Waals surface area contributed by atoms with Gasteiger partial charge in [-0.25, -0.2) is 15.6 Å². The molecule has 27 heavy (non-hydrogen) atoms. The largest absolute Gasteiger partial charge is 0.425 e. The number of hydrazine groups is 1. The molecule has 0 aromatic heterocycles. The summed E-state index contributed by atoms with van der Waals surface area (Å²) in [7, 11) is 0. The van der Waals surface area contributed by atoms with Gasteiger partial charge in [0, 0.05) is 29.7 Å². The van der Waals surface area contributed by atoms with Gasteiger partial charge in [0.25, 0.3) is 0 Å². The van der Waals surface area contributed by atoms with Crippen molar-refractivity contribution >= 4 is 29.2 Å². The molecule has 7 heteroatoms. The predicted molar refractivity (Wildman–Crippen MR) is 103 cm³/mol. The zero-order valence-corrected chi connectivity index (χ0v) is 15.4. The fourth-order valence-electron chi connectivity index (χ4n) is 3.47. The maximum absolute atomic E-state index is 12.4. The molecule has 2 atom stereocenters. The molecular weight excluding hydrogens is 366 g/mol. The van der Waals surface area contributed by atoms with Crippen LogP contribution in [0.25, 0.3) is 0 Å². The van der Waals surface area contributed by atoms with Crippen LogP contribution in [0, 0.1) is 0 Å². The highest BCUT2D eigenvalue weighted by Crippen LogP contribution is 2.29. The molecule has 140 valence electrons. The summed E-state index contributed by atoms with van der Waals surface area (Å²) in [5, 5.41) is 0.665. The van der Waals surface area contributed by atoms with Crippen LogP contribution in [0.5, 0.6) is 5.75 Å². The van der Waals surface area contributed by atoms with Crippen molar-refractivity contribution in [1.29, 1.82) is 0 Å². The molecule has 4 rings (SSSR count). The molecule has 2 saturated heterocycles. The highest BCUT2D eigenvalue weighted by molar-refractivity contribution is 6.31. The maximum atomic E-state index is 12.4. The van der Waals surface area contributed by atoms with Gasteiger partial charge in [-0.15, -0.1) is 0 Å². The van der Waals surface area contributed by atoms with E-state index in [1.54, 1.807) is 29.2 Å². The minimum absolute atomic E-state index is 0.0557. The van der Waals surface area contributed by atoms with Crippen LogP contribution in [0.3, 0.4) is 0 Å². The van der Waals surface area contributed by atoms with Gasteiger partial charge in [0.15, 0.2) is 0 Å². The van der Waals surface area contributed by atoms with Crippen LogP contribution in [0.15, 0.2) is 48.5 Å². The lowest BCUT2D eigenvalue weighted by Crippen LogP contribution is -2.38. The molecule has 2 aliphatic heterocycles. The standard InChI is InChI=1S/C20H20ClN3O3/c21-16-5-2-1-4-15(16)17-12-18(23-22-17)20(26)27-14-9-7-13(8-10-14)24-11-3-6-19(24)25/h1-2,4-5,7-10,17-18,22-23H,3,6,11-12H2. The van der Waals surface area contributed by atoms with E-state index in [9.17, 15) is 9.59 Å². The van der Waals surface area contributed by atoms with Gasteiger partial charge in [0.2, 0.25) is 5.91 Å². The second-order valence-corrected chi connectivity index (χ2v) is 7.12. The number of ether oxygens (including phenoxy) is 1. The van der Waals surface area contributed by atoms with Crippen molar-refractivity contribution in [3.05, 3.63) is 59.1 Å². The molecule has 2 aliphatic rings. The lowest BCUT2D eigenvalue weighted by molar-refractivity contribution is -0.136. The van der Waals surface area contributed by atoms with Gasteiger partial charge in [0.05, 0.1) is 0 Å². The number of carbonyl (C=O) groups excluding carboxylic acids is 2. The first-order valence-corrected chi connectivity index (χ1v) is 9.37. The quantitative estimate of drug-likeness (QED) is 0.625. The van der Waals surface area contributed by atoms with Gasteiger partial charge < -0.3 is 9.64 Å². The van der Waals surface area contributed by atoms with E-state index in [0.29, 0.717) is 23.6 Å². The van der Waals surface area contributed by atoms with Gasteiger partial charge >= 0.3 is 5.97 Å². The Hall–Kier alpha value is -2.41. The summed E-state index contributed by atoms with van der Waals surface area (Å²) in [6, 6.07) is 14.1. The second-order valence-electron chi connectivity index (χ2n) is 6.71. The summed E-state index contributed by atoms with van der Waals surface area (Å²) < 4.78 is 5.48. The molecule has 2 unspecified atom stereocenters. The fourth-order valence-corrected chi connectivity index (χ4v) is 3.74. The Balaban J connectivity index is 1.37. The van der Waals surface area contributed by atoms with E-state index in [-0.39, 0.29) is 17.9 Å². The average Bonchev–Trinajstić information content (AvgIpc) is 3.32. The zero-order chi connectivity index (χ0) is 18.8. The second kappa shape index (κ2) is 7.68. The van der Waals surface area contributed by atoms with Crippen molar-refractivity contribution in [3.63, 3.8) is 0 Å². The number of carbonyl (C=O) groups is 2. The van der Waals surface area contributed by atoms with Gasteiger partial charge in [-0.3, -0.25) is 4.79 Å². The van der Waals surface area contributed by atoms with E-state index in [0.717, 1.165) is 24.2 Å². The number of esters is 1. The van der Waals surface area contributed by atoms with E-state index < -0.39 is 6.04 Å². The van der Waals surface area contributed by atoms with Crippen LogP contribution in [0.1, 0.15) is 30.9 Å². The summed E-state index contributed by atoms with van der Waals surface area (Å²) in [5.74, 6) is 0.229. The lowest BCUT2D eigenvalue weighted by atomic mass is 10.0. The molecule has 2 fully saturated rings. The van der Waals surface area contributed by atoms with Crippen molar-refractivity contribution in [2.75, 3.05) is 11.4 Å². The van der Waals surface area contributed by atoms with E-state index in [1.807, 2.05) is 24.3 Å². The number of nitrogens with zero attached hydrogens (tertiary/aromatic N) is 1. The topological polar surface area (TPSA) is 70.7 Å². The number of anilines is 1. The summed E-state index contributed by atoms with van der Waals surface area (Å²) in [5.41, 5.74) is 7.86. The van der Waals surface area contributed by atoms with Crippen molar-refractivity contribution < 1.29 is 14.3 Å². The van der Waals surface area contributed by atoms with E-state index >= 15 is 0 Å². The number of hydrogen-bond acceptors (Lipinski definition) is 5. The summed E-state index contributed by atoms with van der Waals surface area (Å²) in [6.07, 6.45) is 2.01. The first-order valence-electron chi connectivity index (χ1n) is 8.99. The maximum Gasteiger partial charge on any atom is 0.329 e. The SMILES string of the molecule is O=C(Oc1ccc(N2CCCC2=O)cc1)C1CC(c2ccccc2Cl)NN1. The monoisotopic (exact) mass is 385 g/mol. The molecule has 0 saturated carbocycles. The number of nitrogens with one attached hydrogen (secondary N) is 2. The molecule has 0 spiro atoms. The van der Waals surface area contributed by atoms with Crippen LogP contribution in [-0.4, -0.2) is 24.5 Å². The first kappa shape index (κ1) is 18.0. The minimum Gasteiger partial charge on any atom is -0.425 e. The number of rotatable bonds is 4. The number of benzene rings is 2. The Morgan fingerprint density at radius 3 is 2.59 bits per heavy atom. The van der Waals surface area contributed by atoms with Gasteiger partial charge in [-0.1, -0.05) is 29.8 Å². The number of hydrogen-bond donors (Lipinski definition) is 2. The third-order valence-corrected chi connectivity index (χ3v) is 5.25.